The van der Waals surface area contributed by atoms with Gasteiger partial charge < -0.3 is 20.1 Å². The van der Waals surface area contributed by atoms with Crippen molar-refractivity contribution in [1.82, 2.24) is 4.90 Å². The van der Waals surface area contributed by atoms with Crippen molar-refractivity contribution >= 4 is 11.6 Å². The largest absolute Gasteiger partial charge is 0.495 e. The zero-order chi connectivity index (χ0) is 14.5. The molecule has 20 heavy (non-hydrogen) atoms. The van der Waals surface area contributed by atoms with Gasteiger partial charge >= 0.3 is 0 Å². The second kappa shape index (κ2) is 6.61. The van der Waals surface area contributed by atoms with Crippen molar-refractivity contribution in [2.75, 3.05) is 39.6 Å². The Morgan fingerprint density at radius 3 is 3.00 bits per heavy atom. The third kappa shape index (κ3) is 3.42. The minimum absolute atomic E-state index is 0.0196. The van der Waals surface area contributed by atoms with E-state index in [0.29, 0.717) is 29.5 Å². The van der Waals surface area contributed by atoms with Gasteiger partial charge in [0.25, 0.3) is 5.91 Å². The van der Waals surface area contributed by atoms with Crippen LogP contribution in [0, 0.1) is 5.92 Å². The zero-order valence-electron chi connectivity index (χ0n) is 12.1. The van der Waals surface area contributed by atoms with Gasteiger partial charge in [0.2, 0.25) is 0 Å². The van der Waals surface area contributed by atoms with Gasteiger partial charge in [0, 0.05) is 25.8 Å². The molecule has 0 spiro atoms. The summed E-state index contributed by atoms with van der Waals surface area (Å²) in [6.07, 6.45) is 2.19. The van der Waals surface area contributed by atoms with Crippen molar-refractivity contribution < 1.29 is 14.3 Å². The van der Waals surface area contributed by atoms with Gasteiger partial charge in [-0.3, -0.25) is 4.79 Å². The Bertz CT molecular complexity index is 470. The van der Waals surface area contributed by atoms with Gasteiger partial charge in [0.15, 0.2) is 0 Å². The molecule has 0 saturated carbocycles. The minimum Gasteiger partial charge on any atom is -0.495 e. The number of rotatable bonds is 4. The molecule has 1 fully saturated rings. The van der Waals surface area contributed by atoms with Crippen LogP contribution >= 0.6 is 0 Å². The first-order chi connectivity index (χ1) is 9.61. The molecule has 1 atom stereocenters. The van der Waals surface area contributed by atoms with Gasteiger partial charge in [-0.15, -0.1) is 0 Å². The SMILES string of the molecule is COc1cc(C(=O)N(C)CC2CCCOC2)ccc1N. The van der Waals surface area contributed by atoms with Gasteiger partial charge in [-0.1, -0.05) is 0 Å². The molecular weight excluding hydrogens is 256 g/mol. The monoisotopic (exact) mass is 278 g/mol. The molecule has 1 saturated heterocycles. The number of nitrogen functional groups attached to an aromatic ring is 1. The molecule has 1 heterocycles. The lowest BCUT2D eigenvalue weighted by molar-refractivity contribution is 0.0388. The highest BCUT2D eigenvalue weighted by atomic mass is 16.5. The fourth-order valence-corrected chi connectivity index (χ4v) is 2.49. The second-order valence-electron chi connectivity index (χ2n) is 5.23. The van der Waals surface area contributed by atoms with Crippen molar-refractivity contribution in [3.8, 4) is 5.75 Å². The lowest BCUT2D eigenvalue weighted by Gasteiger charge is -2.27. The predicted molar refractivity (Wildman–Crippen MR) is 77.9 cm³/mol. The van der Waals surface area contributed by atoms with E-state index in [-0.39, 0.29) is 5.91 Å². The molecular formula is C15H22N2O3. The lowest BCUT2D eigenvalue weighted by Crippen LogP contribution is -2.35. The van der Waals surface area contributed by atoms with Gasteiger partial charge in [0.1, 0.15) is 5.75 Å². The summed E-state index contributed by atoms with van der Waals surface area (Å²) >= 11 is 0. The maximum atomic E-state index is 12.4. The number of benzene rings is 1. The van der Waals surface area contributed by atoms with Crippen LogP contribution in [-0.2, 0) is 4.74 Å². The first kappa shape index (κ1) is 14.7. The summed E-state index contributed by atoms with van der Waals surface area (Å²) < 4.78 is 10.6. The Labute approximate surface area is 119 Å². The molecule has 0 radical (unpaired) electrons. The molecule has 5 heteroatoms. The molecule has 1 aromatic carbocycles. The molecule has 5 nitrogen and oxygen atoms in total. The summed E-state index contributed by atoms with van der Waals surface area (Å²) in [5.41, 5.74) is 6.89. The van der Waals surface area contributed by atoms with E-state index in [1.54, 1.807) is 30.2 Å². The first-order valence-corrected chi connectivity index (χ1v) is 6.88. The van der Waals surface area contributed by atoms with Gasteiger partial charge in [0.05, 0.1) is 19.4 Å². The number of nitrogens with zero attached hydrogens (tertiary/aromatic N) is 1. The molecule has 0 aliphatic carbocycles. The molecule has 1 unspecified atom stereocenters. The first-order valence-electron chi connectivity index (χ1n) is 6.88. The van der Waals surface area contributed by atoms with Crippen LogP contribution in [0.4, 0.5) is 5.69 Å². The molecule has 0 bridgehead atoms. The molecule has 1 aliphatic heterocycles. The molecule has 2 N–H and O–H groups in total. The Balaban J connectivity index is 2.02. The fraction of sp³-hybridized carbons (Fsp3) is 0.533. The summed E-state index contributed by atoms with van der Waals surface area (Å²) in [4.78, 5) is 14.1. The van der Waals surface area contributed by atoms with Crippen molar-refractivity contribution in [3.63, 3.8) is 0 Å². The summed E-state index contributed by atoms with van der Waals surface area (Å²) in [6, 6.07) is 5.11. The van der Waals surface area contributed by atoms with Crippen LogP contribution in [0.3, 0.4) is 0 Å². The Morgan fingerprint density at radius 1 is 1.55 bits per heavy atom. The lowest BCUT2D eigenvalue weighted by atomic mass is 10.0. The van der Waals surface area contributed by atoms with Crippen LogP contribution in [-0.4, -0.2) is 44.7 Å². The van der Waals surface area contributed by atoms with Crippen LogP contribution in [0.2, 0.25) is 0 Å². The Hall–Kier alpha value is -1.75. The number of methoxy groups -OCH3 is 1. The van der Waals surface area contributed by atoms with Crippen LogP contribution in [0.25, 0.3) is 0 Å². The van der Waals surface area contributed by atoms with Crippen LogP contribution in [0.5, 0.6) is 5.75 Å². The second-order valence-corrected chi connectivity index (χ2v) is 5.23. The van der Waals surface area contributed by atoms with Crippen molar-refractivity contribution in [2.45, 2.75) is 12.8 Å². The summed E-state index contributed by atoms with van der Waals surface area (Å²) in [5.74, 6) is 0.938. The number of anilines is 1. The minimum atomic E-state index is -0.0196. The highest BCUT2D eigenvalue weighted by Crippen LogP contribution is 2.23. The number of hydrogen-bond acceptors (Lipinski definition) is 4. The van der Waals surface area contributed by atoms with Gasteiger partial charge in [-0.25, -0.2) is 0 Å². The van der Waals surface area contributed by atoms with E-state index in [1.807, 2.05) is 7.05 Å². The maximum absolute atomic E-state index is 12.4. The average molecular weight is 278 g/mol. The number of amides is 1. The molecule has 2 rings (SSSR count). The fourth-order valence-electron chi connectivity index (χ4n) is 2.49. The smallest absolute Gasteiger partial charge is 0.253 e. The average Bonchev–Trinajstić information content (AvgIpc) is 2.48. The van der Waals surface area contributed by atoms with Crippen molar-refractivity contribution in [1.29, 1.82) is 0 Å². The maximum Gasteiger partial charge on any atom is 0.253 e. The quantitative estimate of drug-likeness (QED) is 0.853. The number of ether oxygens (including phenoxy) is 2. The third-order valence-electron chi connectivity index (χ3n) is 3.61. The van der Waals surface area contributed by atoms with Crippen LogP contribution < -0.4 is 10.5 Å². The number of nitrogens with two attached hydrogens (primary N) is 1. The van der Waals surface area contributed by atoms with Crippen molar-refractivity contribution in [3.05, 3.63) is 23.8 Å². The Kier molecular flexibility index (Phi) is 4.84. The van der Waals surface area contributed by atoms with E-state index in [9.17, 15) is 4.79 Å². The zero-order valence-corrected chi connectivity index (χ0v) is 12.1. The summed E-state index contributed by atoms with van der Waals surface area (Å²) in [7, 11) is 3.36. The summed E-state index contributed by atoms with van der Waals surface area (Å²) in [6.45, 7) is 2.29. The number of carbonyl (C=O) groups excluding carboxylic acids is 1. The molecule has 1 amide bonds. The summed E-state index contributed by atoms with van der Waals surface area (Å²) in [5, 5.41) is 0. The van der Waals surface area contributed by atoms with E-state index >= 15 is 0 Å². The Morgan fingerprint density at radius 2 is 2.35 bits per heavy atom. The highest BCUT2D eigenvalue weighted by molar-refractivity contribution is 5.95. The third-order valence-corrected chi connectivity index (χ3v) is 3.61. The predicted octanol–water partition coefficient (Wildman–Crippen LogP) is 1.78. The molecule has 1 aliphatic rings. The number of carbonyl (C=O) groups is 1. The van der Waals surface area contributed by atoms with E-state index < -0.39 is 0 Å². The van der Waals surface area contributed by atoms with E-state index in [1.165, 1.54) is 0 Å². The topological polar surface area (TPSA) is 64.8 Å². The van der Waals surface area contributed by atoms with Gasteiger partial charge in [-0.2, -0.15) is 0 Å². The molecule has 1 aromatic rings. The van der Waals surface area contributed by atoms with Crippen LogP contribution in [0.15, 0.2) is 18.2 Å². The highest BCUT2D eigenvalue weighted by Gasteiger charge is 2.20. The van der Waals surface area contributed by atoms with Gasteiger partial charge in [-0.05, 0) is 37.0 Å². The molecule has 110 valence electrons. The normalized spacial score (nSPS) is 18.6. The van der Waals surface area contributed by atoms with E-state index in [2.05, 4.69) is 0 Å². The molecule has 0 aromatic heterocycles. The van der Waals surface area contributed by atoms with Crippen LogP contribution in [0.1, 0.15) is 23.2 Å². The van der Waals surface area contributed by atoms with E-state index in [4.69, 9.17) is 15.2 Å². The standard InChI is InChI=1S/C15H22N2O3/c1-17(9-11-4-3-7-20-10-11)15(18)12-5-6-13(16)14(8-12)19-2/h5-6,8,11H,3-4,7,9-10,16H2,1-2H3. The van der Waals surface area contributed by atoms with Crippen molar-refractivity contribution in [2.24, 2.45) is 5.92 Å². The number of hydrogen-bond donors (Lipinski definition) is 1. The van der Waals surface area contributed by atoms with E-state index in [0.717, 1.165) is 26.1 Å².